The van der Waals surface area contributed by atoms with Crippen molar-refractivity contribution in [2.24, 2.45) is 10.4 Å². The maximum atomic E-state index is 11.9. The summed E-state index contributed by atoms with van der Waals surface area (Å²) in [7, 11) is 1.75. The van der Waals surface area contributed by atoms with Crippen LogP contribution in [0.15, 0.2) is 29.3 Å². The molecule has 7 heteroatoms. The summed E-state index contributed by atoms with van der Waals surface area (Å²) in [4.78, 5) is 18.6. The molecule has 0 aliphatic carbocycles. The van der Waals surface area contributed by atoms with E-state index >= 15 is 0 Å². The Kier molecular flexibility index (Phi) is 8.73. The largest absolute Gasteiger partial charge is 0.379 e. The summed E-state index contributed by atoms with van der Waals surface area (Å²) in [5, 5.41) is 9.54. The van der Waals surface area contributed by atoms with Crippen molar-refractivity contribution < 1.29 is 9.53 Å². The van der Waals surface area contributed by atoms with Gasteiger partial charge in [-0.25, -0.2) is 0 Å². The van der Waals surface area contributed by atoms with E-state index < -0.39 is 0 Å². The topological polar surface area (TPSA) is 78.0 Å². The predicted molar refractivity (Wildman–Crippen MR) is 113 cm³/mol. The summed E-state index contributed by atoms with van der Waals surface area (Å²) in [5.41, 5.74) is 2.21. The summed E-state index contributed by atoms with van der Waals surface area (Å²) in [6, 6.07) is 8.49. The molecule has 7 nitrogen and oxygen atoms in total. The number of nitrogens with one attached hydrogen (secondary N) is 3. The Labute approximate surface area is 168 Å². The van der Waals surface area contributed by atoms with Crippen molar-refractivity contribution in [3.63, 3.8) is 0 Å². The van der Waals surface area contributed by atoms with E-state index in [-0.39, 0.29) is 11.3 Å². The van der Waals surface area contributed by atoms with E-state index in [9.17, 15) is 4.79 Å². The number of rotatable bonds is 7. The lowest BCUT2D eigenvalue weighted by molar-refractivity contribution is -0.128. The lowest BCUT2D eigenvalue weighted by Gasteiger charge is -2.27. The number of morpholine rings is 1. The molecule has 0 saturated carbocycles. The second kappa shape index (κ2) is 11.0. The van der Waals surface area contributed by atoms with Crippen LogP contribution in [0, 0.1) is 5.41 Å². The lowest BCUT2D eigenvalue weighted by Crippen LogP contribution is -2.43. The van der Waals surface area contributed by atoms with Crippen LogP contribution < -0.4 is 16.0 Å². The number of guanidine groups is 1. The van der Waals surface area contributed by atoms with Crippen LogP contribution in [0.2, 0.25) is 0 Å². The van der Waals surface area contributed by atoms with Crippen molar-refractivity contribution in [2.45, 2.75) is 33.9 Å². The number of hydrogen-bond acceptors (Lipinski definition) is 4. The van der Waals surface area contributed by atoms with Crippen molar-refractivity contribution in [3.8, 4) is 0 Å². The molecule has 1 fully saturated rings. The molecule has 1 aromatic rings. The first-order valence-electron chi connectivity index (χ1n) is 10.00. The van der Waals surface area contributed by atoms with Gasteiger partial charge in [-0.1, -0.05) is 45.0 Å². The molecule has 1 aromatic carbocycles. The fraction of sp³-hybridized carbons (Fsp3) is 0.619. The van der Waals surface area contributed by atoms with Gasteiger partial charge in [0.15, 0.2) is 5.96 Å². The Balaban J connectivity index is 1.79. The molecule has 2 rings (SSSR count). The van der Waals surface area contributed by atoms with Crippen LogP contribution in [-0.2, 0) is 22.6 Å². The third-order valence-corrected chi connectivity index (χ3v) is 4.67. The first-order chi connectivity index (χ1) is 13.4. The molecule has 0 atom stereocenters. The fourth-order valence-electron chi connectivity index (χ4n) is 2.91. The molecule has 0 spiro atoms. The minimum atomic E-state index is -0.371. The quantitative estimate of drug-likeness (QED) is 0.373. The summed E-state index contributed by atoms with van der Waals surface area (Å²) in [6.07, 6.45) is 0. The summed E-state index contributed by atoms with van der Waals surface area (Å²) < 4.78 is 5.44. The number of ether oxygens (including phenoxy) is 1. The fourth-order valence-corrected chi connectivity index (χ4v) is 2.91. The van der Waals surface area contributed by atoms with Gasteiger partial charge in [0.1, 0.15) is 0 Å². The zero-order valence-electron chi connectivity index (χ0n) is 17.7. The van der Waals surface area contributed by atoms with Gasteiger partial charge in [-0.15, -0.1) is 0 Å². The Morgan fingerprint density at radius 3 is 2.36 bits per heavy atom. The van der Waals surface area contributed by atoms with Gasteiger partial charge < -0.3 is 20.7 Å². The van der Waals surface area contributed by atoms with E-state index in [2.05, 4.69) is 50.1 Å². The highest BCUT2D eigenvalue weighted by Gasteiger charge is 2.20. The molecule has 0 unspecified atom stereocenters. The van der Waals surface area contributed by atoms with Crippen LogP contribution >= 0.6 is 0 Å². The normalized spacial score (nSPS) is 15.9. The van der Waals surface area contributed by atoms with Crippen LogP contribution in [-0.4, -0.2) is 63.2 Å². The molecule has 1 amide bonds. The average Bonchev–Trinajstić information content (AvgIpc) is 2.68. The van der Waals surface area contributed by atoms with Crippen molar-refractivity contribution in [2.75, 3.05) is 46.4 Å². The first kappa shape index (κ1) is 22.2. The maximum Gasteiger partial charge on any atom is 0.225 e. The number of amides is 1. The molecule has 1 aliphatic heterocycles. The lowest BCUT2D eigenvalue weighted by atomic mass is 9.96. The van der Waals surface area contributed by atoms with Gasteiger partial charge in [-0.05, 0) is 11.1 Å². The van der Waals surface area contributed by atoms with Crippen LogP contribution in [0.3, 0.4) is 0 Å². The third kappa shape index (κ3) is 7.48. The Morgan fingerprint density at radius 2 is 1.71 bits per heavy atom. The van der Waals surface area contributed by atoms with Crippen molar-refractivity contribution >= 4 is 11.9 Å². The Morgan fingerprint density at radius 1 is 1.07 bits per heavy atom. The highest BCUT2D eigenvalue weighted by Crippen LogP contribution is 2.13. The summed E-state index contributed by atoms with van der Waals surface area (Å²) >= 11 is 0. The molecular formula is C21H35N5O2. The standard InChI is InChI=1S/C21H35N5O2/c1-21(2,3)19(27)23-9-10-24-20(22-4)25-15-17-7-5-6-8-18(17)16-26-11-13-28-14-12-26/h5-8H,9-16H2,1-4H3,(H,23,27)(H2,22,24,25). The molecule has 0 radical (unpaired) electrons. The van der Waals surface area contributed by atoms with Gasteiger partial charge in [-0.3, -0.25) is 14.7 Å². The van der Waals surface area contributed by atoms with Crippen molar-refractivity contribution in [1.29, 1.82) is 0 Å². The van der Waals surface area contributed by atoms with Gasteiger partial charge in [-0.2, -0.15) is 0 Å². The zero-order chi connectivity index (χ0) is 20.4. The molecule has 1 heterocycles. The second-order valence-electron chi connectivity index (χ2n) is 8.02. The van der Waals surface area contributed by atoms with E-state index in [1.807, 2.05) is 20.8 Å². The maximum absolute atomic E-state index is 11.9. The van der Waals surface area contributed by atoms with E-state index in [1.165, 1.54) is 11.1 Å². The Hall–Kier alpha value is -2.12. The van der Waals surface area contributed by atoms with Crippen LogP contribution in [0.1, 0.15) is 31.9 Å². The van der Waals surface area contributed by atoms with Crippen LogP contribution in [0.4, 0.5) is 0 Å². The summed E-state index contributed by atoms with van der Waals surface area (Å²) in [5.74, 6) is 0.778. The van der Waals surface area contributed by atoms with Gasteiger partial charge >= 0.3 is 0 Å². The van der Waals surface area contributed by atoms with Crippen molar-refractivity contribution in [1.82, 2.24) is 20.9 Å². The monoisotopic (exact) mass is 389 g/mol. The molecule has 156 valence electrons. The highest BCUT2D eigenvalue weighted by atomic mass is 16.5. The number of aliphatic imine (C=N–C) groups is 1. The summed E-state index contributed by atoms with van der Waals surface area (Å²) in [6.45, 7) is 12.1. The van der Waals surface area contributed by atoms with Crippen LogP contribution in [0.25, 0.3) is 0 Å². The average molecular weight is 390 g/mol. The van der Waals surface area contributed by atoms with Gasteiger partial charge in [0.25, 0.3) is 0 Å². The molecule has 0 bridgehead atoms. The number of nitrogens with zero attached hydrogens (tertiary/aromatic N) is 2. The van der Waals surface area contributed by atoms with Crippen LogP contribution in [0.5, 0.6) is 0 Å². The molecule has 28 heavy (non-hydrogen) atoms. The van der Waals surface area contributed by atoms with E-state index in [4.69, 9.17) is 4.74 Å². The van der Waals surface area contributed by atoms with E-state index in [0.29, 0.717) is 19.6 Å². The minimum Gasteiger partial charge on any atom is -0.379 e. The predicted octanol–water partition coefficient (Wildman–Crippen LogP) is 1.35. The molecular weight excluding hydrogens is 354 g/mol. The minimum absolute atomic E-state index is 0.0503. The SMILES string of the molecule is CN=C(NCCNC(=O)C(C)(C)C)NCc1ccccc1CN1CCOCC1. The highest BCUT2D eigenvalue weighted by molar-refractivity contribution is 5.81. The van der Waals surface area contributed by atoms with Gasteiger partial charge in [0.2, 0.25) is 5.91 Å². The van der Waals surface area contributed by atoms with E-state index in [0.717, 1.165) is 38.8 Å². The molecule has 1 saturated heterocycles. The third-order valence-electron chi connectivity index (χ3n) is 4.67. The number of carbonyl (C=O) groups excluding carboxylic acids is 1. The molecule has 0 aromatic heterocycles. The van der Waals surface area contributed by atoms with Gasteiger partial charge in [0, 0.05) is 51.7 Å². The zero-order valence-corrected chi connectivity index (χ0v) is 17.7. The molecule has 3 N–H and O–H groups in total. The van der Waals surface area contributed by atoms with Crippen molar-refractivity contribution in [3.05, 3.63) is 35.4 Å². The molecule has 1 aliphatic rings. The number of hydrogen-bond donors (Lipinski definition) is 3. The van der Waals surface area contributed by atoms with Gasteiger partial charge in [0.05, 0.1) is 13.2 Å². The number of carbonyl (C=O) groups is 1. The second-order valence-corrected chi connectivity index (χ2v) is 8.02. The smallest absolute Gasteiger partial charge is 0.225 e. The Bertz CT molecular complexity index is 648. The van der Waals surface area contributed by atoms with E-state index in [1.54, 1.807) is 7.05 Å². The first-order valence-corrected chi connectivity index (χ1v) is 10.00. The number of benzene rings is 1.